The SMILES string of the molecule is C=C(CCCC[C@@H]1SC[C@@H]2NC(=C)N[C@@H]21)CC1CC2(C)C/C3=C/C(CCCCC(c4ccccc4)C3)C(OC)/C=C/C(C)C(C2)C1C. The van der Waals surface area contributed by atoms with E-state index in [0.29, 0.717) is 58.3 Å². The Morgan fingerprint density at radius 2 is 1.85 bits per heavy atom. The molecule has 4 heteroatoms. The molecular formula is C43H64N2OS. The summed E-state index contributed by atoms with van der Waals surface area (Å²) in [5, 5.41) is 7.84. The molecule has 11 atom stereocenters. The van der Waals surface area contributed by atoms with Crippen molar-refractivity contribution < 1.29 is 4.74 Å². The zero-order chi connectivity index (χ0) is 33.0. The number of unbranched alkanes of at least 4 members (excludes halogenated alkanes) is 1. The Morgan fingerprint density at radius 1 is 1.04 bits per heavy atom. The predicted octanol–water partition coefficient (Wildman–Crippen LogP) is 10.6. The smallest absolute Gasteiger partial charge is 0.0918 e. The van der Waals surface area contributed by atoms with Crippen LogP contribution in [0.25, 0.3) is 0 Å². The number of nitrogens with one attached hydrogen (secondary N) is 2. The first-order chi connectivity index (χ1) is 22.7. The van der Waals surface area contributed by atoms with E-state index >= 15 is 0 Å². The summed E-state index contributed by atoms with van der Waals surface area (Å²) in [6.45, 7) is 16.5. The predicted molar refractivity (Wildman–Crippen MR) is 203 cm³/mol. The molecule has 2 heterocycles. The highest BCUT2D eigenvalue weighted by atomic mass is 32.2. The molecule has 3 aliphatic carbocycles. The fraction of sp³-hybridized carbons (Fsp3) is 0.674. The van der Waals surface area contributed by atoms with Gasteiger partial charge in [-0.25, -0.2) is 0 Å². The standard InChI is InChI=1S/C43H64N2OS/c1-29(14-10-13-19-41-42-39(28-47-41)44-32(4)45-42)22-37-26-43(5)25-33-23-35(34-15-8-7-9-16-34)17-11-12-18-36(24-33)40(46-6)21-20-30(2)38(27-43)31(37)3/h7-9,15-16,20-21,24,30-31,35-42,44-45H,1,4,10-14,17-19,22-23,25-28H2,2-3,5-6H3/b21-20+,33-24+/t30?,31?,35?,36?,37?,38?,39-,40?,41-,42-,43?/m0/s1. The summed E-state index contributed by atoms with van der Waals surface area (Å²) in [5.74, 6) is 6.00. The maximum Gasteiger partial charge on any atom is 0.0918 e. The quantitative estimate of drug-likeness (QED) is 0.205. The molecule has 258 valence electrons. The Hall–Kier alpha value is -1.91. The van der Waals surface area contributed by atoms with Crippen LogP contribution in [0.1, 0.15) is 116 Å². The van der Waals surface area contributed by atoms with Gasteiger partial charge in [0.15, 0.2) is 0 Å². The lowest BCUT2D eigenvalue weighted by atomic mass is 9.56. The molecule has 2 aliphatic heterocycles. The van der Waals surface area contributed by atoms with E-state index in [1.165, 1.54) is 100 Å². The molecule has 5 aliphatic rings. The van der Waals surface area contributed by atoms with E-state index in [4.69, 9.17) is 11.3 Å². The molecule has 0 radical (unpaired) electrons. The van der Waals surface area contributed by atoms with E-state index < -0.39 is 0 Å². The highest BCUT2D eigenvalue weighted by Gasteiger charge is 2.44. The van der Waals surface area contributed by atoms with Crippen LogP contribution in [-0.2, 0) is 4.74 Å². The number of allylic oxidation sites excluding steroid dienone is 3. The minimum atomic E-state index is 0.172. The van der Waals surface area contributed by atoms with Crippen molar-refractivity contribution in [3.05, 3.63) is 84.2 Å². The molecule has 1 saturated carbocycles. The molecule has 8 unspecified atom stereocenters. The van der Waals surface area contributed by atoms with Gasteiger partial charge in [-0.2, -0.15) is 11.8 Å². The first-order valence-corrected chi connectivity index (χ1v) is 20.2. The average molecular weight is 657 g/mol. The second-order valence-electron chi connectivity index (χ2n) is 16.7. The second-order valence-corrected chi connectivity index (χ2v) is 18.0. The topological polar surface area (TPSA) is 33.3 Å². The molecule has 0 spiro atoms. The van der Waals surface area contributed by atoms with Gasteiger partial charge in [0.05, 0.1) is 24.0 Å². The Kier molecular flexibility index (Phi) is 11.7. The van der Waals surface area contributed by atoms with E-state index in [2.05, 4.69) is 98.3 Å². The third-order valence-electron chi connectivity index (χ3n) is 12.9. The van der Waals surface area contributed by atoms with Crippen LogP contribution in [0.3, 0.4) is 0 Å². The van der Waals surface area contributed by atoms with Crippen LogP contribution in [0.15, 0.2) is 78.7 Å². The number of methoxy groups -OCH3 is 1. The largest absolute Gasteiger partial charge is 0.377 e. The average Bonchev–Trinajstić information content (AvgIpc) is 3.63. The van der Waals surface area contributed by atoms with Crippen LogP contribution in [0.2, 0.25) is 0 Å². The maximum atomic E-state index is 6.23. The third kappa shape index (κ3) is 8.64. The molecule has 0 aromatic heterocycles. The van der Waals surface area contributed by atoms with Crippen molar-refractivity contribution in [3.8, 4) is 0 Å². The van der Waals surface area contributed by atoms with Crippen LogP contribution >= 0.6 is 11.8 Å². The zero-order valence-corrected chi connectivity index (χ0v) is 30.8. The molecular weight excluding hydrogens is 593 g/mol. The van der Waals surface area contributed by atoms with Gasteiger partial charge in [0.1, 0.15) is 0 Å². The fourth-order valence-corrected chi connectivity index (χ4v) is 12.0. The molecule has 2 saturated heterocycles. The lowest BCUT2D eigenvalue weighted by Crippen LogP contribution is -2.40. The lowest BCUT2D eigenvalue weighted by molar-refractivity contribution is 0.0340. The molecule has 2 N–H and O–H groups in total. The van der Waals surface area contributed by atoms with Crippen LogP contribution in [0.4, 0.5) is 0 Å². The van der Waals surface area contributed by atoms with Crippen LogP contribution < -0.4 is 10.6 Å². The van der Waals surface area contributed by atoms with Gasteiger partial charge >= 0.3 is 0 Å². The number of benzene rings is 1. The van der Waals surface area contributed by atoms with Crippen molar-refractivity contribution in [1.29, 1.82) is 0 Å². The van der Waals surface area contributed by atoms with Crippen molar-refractivity contribution in [2.24, 2.45) is 35.0 Å². The summed E-state index contributed by atoms with van der Waals surface area (Å²) in [4.78, 5) is 0. The molecule has 3 nitrogen and oxygen atoms in total. The highest BCUT2D eigenvalue weighted by molar-refractivity contribution is 8.00. The van der Waals surface area contributed by atoms with Gasteiger partial charge in [-0.1, -0.05) is 113 Å². The minimum absolute atomic E-state index is 0.172. The second kappa shape index (κ2) is 15.8. The number of ether oxygens (including phenoxy) is 1. The van der Waals surface area contributed by atoms with Gasteiger partial charge in [0.2, 0.25) is 0 Å². The van der Waals surface area contributed by atoms with E-state index in [-0.39, 0.29) is 6.10 Å². The van der Waals surface area contributed by atoms with E-state index in [0.717, 1.165) is 5.82 Å². The van der Waals surface area contributed by atoms with Gasteiger partial charge in [0.25, 0.3) is 0 Å². The maximum absolute atomic E-state index is 6.23. The van der Waals surface area contributed by atoms with Gasteiger partial charge in [-0.05, 0) is 105 Å². The van der Waals surface area contributed by atoms with Crippen LogP contribution in [0.5, 0.6) is 0 Å². The van der Waals surface area contributed by atoms with Crippen molar-refractivity contribution >= 4 is 11.8 Å². The van der Waals surface area contributed by atoms with Gasteiger partial charge in [-0.15, -0.1) is 0 Å². The molecule has 1 aromatic rings. The Labute approximate surface area is 291 Å². The first kappa shape index (κ1) is 34.9. The van der Waals surface area contributed by atoms with Crippen LogP contribution in [0, 0.1) is 35.0 Å². The Morgan fingerprint density at radius 3 is 2.66 bits per heavy atom. The number of rotatable bonds is 9. The molecule has 6 rings (SSSR count). The van der Waals surface area contributed by atoms with Gasteiger partial charge < -0.3 is 15.4 Å². The van der Waals surface area contributed by atoms with Crippen molar-refractivity contribution in [2.75, 3.05) is 12.9 Å². The Bertz CT molecular complexity index is 1270. The summed E-state index contributed by atoms with van der Waals surface area (Å²) in [6, 6.07) is 12.5. The summed E-state index contributed by atoms with van der Waals surface area (Å²) >= 11 is 2.15. The van der Waals surface area contributed by atoms with Gasteiger partial charge in [-0.3, -0.25) is 0 Å². The number of hydrogen-bond acceptors (Lipinski definition) is 4. The molecule has 4 bridgehead atoms. The number of hydrogen-bond donors (Lipinski definition) is 2. The van der Waals surface area contributed by atoms with Crippen molar-refractivity contribution in [3.63, 3.8) is 0 Å². The molecule has 1 aromatic carbocycles. The fourth-order valence-electron chi connectivity index (χ4n) is 10.4. The zero-order valence-electron chi connectivity index (χ0n) is 30.0. The third-order valence-corrected chi connectivity index (χ3v) is 14.5. The lowest BCUT2D eigenvalue weighted by Gasteiger charge is -2.49. The van der Waals surface area contributed by atoms with E-state index in [1.807, 2.05) is 7.11 Å². The highest BCUT2D eigenvalue weighted by Crippen LogP contribution is 2.54. The summed E-state index contributed by atoms with van der Waals surface area (Å²) in [6.07, 6.45) is 24.3. The first-order valence-electron chi connectivity index (χ1n) is 19.2. The Balaban J connectivity index is 1.15. The van der Waals surface area contributed by atoms with Crippen molar-refractivity contribution in [2.45, 2.75) is 134 Å². The van der Waals surface area contributed by atoms with Crippen molar-refractivity contribution in [1.82, 2.24) is 10.6 Å². The van der Waals surface area contributed by atoms with E-state index in [1.54, 1.807) is 5.57 Å². The number of fused-ring (bicyclic) bond motifs is 4. The molecule has 0 amide bonds. The van der Waals surface area contributed by atoms with E-state index in [9.17, 15) is 0 Å². The summed E-state index contributed by atoms with van der Waals surface area (Å²) in [7, 11) is 1.93. The monoisotopic (exact) mass is 656 g/mol. The summed E-state index contributed by atoms with van der Waals surface area (Å²) < 4.78 is 6.23. The normalized spacial score (nSPS) is 40.7. The molecule has 47 heavy (non-hydrogen) atoms. The summed E-state index contributed by atoms with van der Waals surface area (Å²) in [5.41, 5.74) is 5.05. The molecule has 3 fully saturated rings. The number of thioether (sulfide) groups is 1. The minimum Gasteiger partial charge on any atom is -0.377 e. The van der Waals surface area contributed by atoms with Crippen LogP contribution in [-0.4, -0.2) is 36.3 Å². The van der Waals surface area contributed by atoms with Gasteiger partial charge in [0, 0.05) is 24.0 Å².